The van der Waals surface area contributed by atoms with Gasteiger partial charge in [0.1, 0.15) is 0 Å². The highest BCUT2D eigenvalue weighted by molar-refractivity contribution is 4.88. The Morgan fingerprint density at radius 2 is 1.84 bits per heavy atom. The van der Waals surface area contributed by atoms with Crippen molar-refractivity contribution < 1.29 is 0 Å². The van der Waals surface area contributed by atoms with Gasteiger partial charge in [0, 0.05) is 12.6 Å². The largest absolute Gasteiger partial charge is 0.327 e. The van der Waals surface area contributed by atoms with Crippen molar-refractivity contribution in [2.24, 2.45) is 23.0 Å². The lowest BCUT2D eigenvalue weighted by Gasteiger charge is -2.42. The Morgan fingerprint density at radius 1 is 1.16 bits per heavy atom. The average molecular weight is 268 g/mol. The highest BCUT2D eigenvalue weighted by Crippen LogP contribution is 2.40. The first-order valence-corrected chi connectivity index (χ1v) is 8.36. The summed E-state index contributed by atoms with van der Waals surface area (Å²) in [5.41, 5.74) is 6.83. The average Bonchev–Trinajstić information content (AvgIpc) is 2.35. The van der Waals surface area contributed by atoms with E-state index in [1.54, 1.807) is 0 Å². The van der Waals surface area contributed by atoms with Crippen LogP contribution in [0, 0.1) is 17.3 Å². The fourth-order valence-electron chi connectivity index (χ4n) is 3.38. The second-order valence-corrected chi connectivity index (χ2v) is 7.55. The second-order valence-electron chi connectivity index (χ2n) is 7.55. The molecule has 1 fully saturated rings. The maximum Gasteiger partial charge on any atom is 0.00795 e. The molecule has 0 aromatic rings. The van der Waals surface area contributed by atoms with Crippen LogP contribution in [-0.4, -0.2) is 30.6 Å². The third-order valence-corrected chi connectivity index (χ3v) is 5.03. The molecule has 1 aliphatic carbocycles. The van der Waals surface area contributed by atoms with Crippen molar-refractivity contribution in [3.8, 4) is 0 Å². The van der Waals surface area contributed by atoms with E-state index in [1.807, 2.05) is 0 Å². The van der Waals surface area contributed by atoms with Gasteiger partial charge in [-0.3, -0.25) is 0 Å². The first-order valence-electron chi connectivity index (χ1n) is 8.36. The molecule has 3 unspecified atom stereocenters. The zero-order chi connectivity index (χ0) is 14.5. The third kappa shape index (κ3) is 5.43. The molecule has 19 heavy (non-hydrogen) atoms. The first kappa shape index (κ1) is 17.0. The van der Waals surface area contributed by atoms with Gasteiger partial charge in [-0.15, -0.1) is 0 Å². The van der Waals surface area contributed by atoms with Crippen molar-refractivity contribution in [3.05, 3.63) is 0 Å². The maximum absolute atomic E-state index is 6.39. The standard InChI is InChI=1S/C17H36N2/c1-6-8-11-19(7-2)13-14-12-15(17(3,4)5)9-10-16(14)18/h14-16H,6-13,18H2,1-5H3. The molecule has 0 aromatic heterocycles. The predicted octanol–water partition coefficient (Wildman–Crippen LogP) is 3.90. The molecule has 0 radical (unpaired) electrons. The van der Waals surface area contributed by atoms with Gasteiger partial charge in [0.25, 0.3) is 0 Å². The number of nitrogens with two attached hydrogens (primary N) is 1. The SMILES string of the molecule is CCCCN(CC)CC1CC(C(C)(C)C)CCC1N. The van der Waals surface area contributed by atoms with Crippen LogP contribution in [0.3, 0.4) is 0 Å². The predicted molar refractivity (Wildman–Crippen MR) is 85.3 cm³/mol. The molecule has 0 saturated heterocycles. The van der Waals surface area contributed by atoms with E-state index in [2.05, 4.69) is 39.5 Å². The van der Waals surface area contributed by atoms with Crippen molar-refractivity contribution in [2.45, 2.75) is 72.8 Å². The Labute approximate surface area is 121 Å². The number of hydrogen-bond acceptors (Lipinski definition) is 2. The number of unbranched alkanes of at least 4 members (excludes halogenated alkanes) is 1. The molecule has 0 amide bonds. The van der Waals surface area contributed by atoms with E-state index in [-0.39, 0.29) is 0 Å². The number of nitrogens with zero attached hydrogens (tertiary/aromatic N) is 1. The normalized spacial score (nSPS) is 28.9. The number of hydrogen-bond donors (Lipinski definition) is 1. The Bertz CT molecular complexity index is 244. The summed E-state index contributed by atoms with van der Waals surface area (Å²) < 4.78 is 0. The van der Waals surface area contributed by atoms with Crippen molar-refractivity contribution in [1.82, 2.24) is 4.90 Å². The Kier molecular flexibility index (Phi) is 6.82. The van der Waals surface area contributed by atoms with Gasteiger partial charge in [0.2, 0.25) is 0 Å². The van der Waals surface area contributed by atoms with Gasteiger partial charge >= 0.3 is 0 Å². The molecule has 2 heteroatoms. The molecule has 0 aliphatic heterocycles. The summed E-state index contributed by atoms with van der Waals surface area (Å²) in [5.74, 6) is 1.55. The minimum absolute atomic E-state index is 0.425. The van der Waals surface area contributed by atoms with E-state index in [0.717, 1.165) is 5.92 Å². The van der Waals surface area contributed by atoms with Crippen molar-refractivity contribution in [1.29, 1.82) is 0 Å². The molecule has 1 aliphatic rings. The van der Waals surface area contributed by atoms with Crippen molar-refractivity contribution in [2.75, 3.05) is 19.6 Å². The first-order chi connectivity index (χ1) is 8.88. The summed E-state index contributed by atoms with van der Waals surface area (Å²) in [6.07, 6.45) is 6.48. The van der Waals surface area contributed by atoms with E-state index >= 15 is 0 Å². The lowest BCUT2D eigenvalue weighted by molar-refractivity contribution is 0.1000. The van der Waals surface area contributed by atoms with Crippen LogP contribution in [0.25, 0.3) is 0 Å². The van der Waals surface area contributed by atoms with Gasteiger partial charge in [0.15, 0.2) is 0 Å². The Balaban J connectivity index is 2.53. The van der Waals surface area contributed by atoms with Gasteiger partial charge in [-0.05, 0) is 56.0 Å². The molecule has 0 spiro atoms. The second kappa shape index (κ2) is 7.64. The van der Waals surface area contributed by atoms with Crippen LogP contribution >= 0.6 is 0 Å². The summed E-state index contributed by atoms with van der Waals surface area (Å²) in [5, 5.41) is 0. The Morgan fingerprint density at radius 3 is 2.37 bits per heavy atom. The molecular formula is C17H36N2. The van der Waals surface area contributed by atoms with Crippen LogP contribution in [-0.2, 0) is 0 Å². The maximum atomic E-state index is 6.39. The van der Waals surface area contributed by atoms with Crippen molar-refractivity contribution >= 4 is 0 Å². The monoisotopic (exact) mass is 268 g/mol. The molecule has 1 rings (SSSR count). The summed E-state index contributed by atoms with van der Waals surface area (Å²) in [6, 6.07) is 0.425. The summed E-state index contributed by atoms with van der Waals surface area (Å²) in [6.45, 7) is 15.4. The van der Waals surface area contributed by atoms with E-state index < -0.39 is 0 Å². The topological polar surface area (TPSA) is 29.3 Å². The molecule has 2 nitrogen and oxygen atoms in total. The molecule has 3 atom stereocenters. The molecule has 0 aromatic carbocycles. The van der Waals surface area contributed by atoms with E-state index in [9.17, 15) is 0 Å². The lowest BCUT2D eigenvalue weighted by Crippen LogP contribution is -2.45. The lowest BCUT2D eigenvalue weighted by atomic mass is 9.67. The molecule has 114 valence electrons. The number of rotatable bonds is 6. The molecule has 1 saturated carbocycles. The quantitative estimate of drug-likeness (QED) is 0.791. The zero-order valence-electron chi connectivity index (χ0n) is 13.9. The van der Waals surface area contributed by atoms with E-state index in [0.29, 0.717) is 17.4 Å². The highest BCUT2D eigenvalue weighted by atomic mass is 15.1. The minimum atomic E-state index is 0.425. The minimum Gasteiger partial charge on any atom is -0.327 e. The van der Waals surface area contributed by atoms with Crippen molar-refractivity contribution in [3.63, 3.8) is 0 Å². The molecule has 2 N–H and O–H groups in total. The van der Waals surface area contributed by atoms with E-state index in [4.69, 9.17) is 5.73 Å². The van der Waals surface area contributed by atoms with Gasteiger partial charge in [0.05, 0.1) is 0 Å². The highest BCUT2D eigenvalue weighted by Gasteiger charge is 2.34. The van der Waals surface area contributed by atoms with Crippen LogP contribution < -0.4 is 5.73 Å². The summed E-state index contributed by atoms with van der Waals surface area (Å²) in [7, 11) is 0. The van der Waals surface area contributed by atoms with Crippen LogP contribution in [0.2, 0.25) is 0 Å². The summed E-state index contributed by atoms with van der Waals surface area (Å²) >= 11 is 0. The van der Waals surface area contributed by atoms with Crippen LogP contribution in [0.15, 0.2) is 0 Å². The summed E-state index contributed by atoms with van der Waals surface area (Å²) in [4.78, 5) is 2.61. The van der Waals surface area contributed by atoms with E-state index in [1.165, 1.54) is 51.7 Å². The smallest absolute Gasteiger partial charge is 0.00795 e. The Hall–Kier alpha value is -0.0800. The van der Waals surface area contributed by atoms with Gasteiger partial charge in [-0.1, -0.05) is 41.0 Å². The molecule has 0 heterocycles. The fraction of sp³-hybridized carbons (Fsp3) is 1.00. The van der Waals surface area contributed by atoms with Gasteiger partial charge in [-0.2, -0.15) is 0 Å². The van der Waals surface area contributed by atoms with Gasteiger partial charge < -0.3 is 10.6 Å². The van der Waals surface area contributed by atoms with Crippen LogP contribution in [0.1, 0.15) is 66.7 Å². The molecular weight excluding hydrogens is 232 g/mol. The third-order valence-electron chi connectivity index (χ3n) is 5.03. The zero-order valence-corrected chi connectivity index (χ0v) is 13.9. The molecule has 0 bridgehead atoms. The fourth-order valence-corrected chi connectivity index (χ4v) is 3.38. The van der Waals surface area contributed by atoms with Gasteiger partial charge in [-0.25, -0.2) is 0 Å². The van der Waals surface area contributed by atoms with Crippen LogP contribution in [0.4, 0.5) is 0 Å². The van der Waals surface area contributed by atoms with Crippen LogP contribution in [0.5, 0.6) is 0 Å².